The van der Waals surface area contributed by atoms with Gasteiger partial charge in [-0.05, 0) is 92.4 Å². The summed E-state index contributed by atoms with van der Waals surface area (Å²) in [7, 11) is -3.73. The number of rotatable bonds is 7. The van der Waals surface area contributed by atoms with Crippen molar-refractivity contribution in [2.45, 2.75) is 32.6 Å². The van der Waals surface area contributed by atoms with E-state index in [1.54, 1.807) is 12.1 Å². The molecule has 162 valence electrons. The summed E-state index contributed by atoms with van der Waals surface area (Å²) in [4.78, 5) is 12.3. The van der Waals surface area contributed by atoms with Crippen molar-refractivity contribution in [1.82, 2.24) is 0 Å². The Balaban J connectivity index is 1.61. The van der Waals surface area contributed by atoms with Gasteiger partial charge in [0.05, 0.1) is 4.90 Å². The molecule has 0 fully saturated rings. The Labute approximate surface area is 183 Å². The molecule has 0 atom stereocenters. The van der Waals surface area contributed by atoms with E-state index in [-0.39, 0.29) is 17.4 Å². The molecule has 1 amide bonds. The number of hydrogen-bond acceptors (Lipinski definition) is 4. The molecule has 7 heteroatoms. The number of sulfonamides is 1. The highest BCUT2D eigenvalue weighted by Crippen LogP contribution is 2.21. The number of amides is 1. The lowest BCUT2D eigenvalue weighted by atomic mass is 10.1. The highest BCUT2D eigenvalue weighted by Gasteiger charge is 2.15. The third kappa shape index (κ3) is 6.08. The molecule has 0 aromatic heterocycles. The van der Waals surface area contributed by atoms with E-state index in [1.165, 1.54) is 24.3 Å². The molecule has 3 aromatic carbocycles. The Morgan fingerprint density at radius 1 is 0.839 bits per heavy atom. The summed E-state index contributed by atoms with van der Waals surface area (Å²) in [6.07, 6.45) is 0. The standard InChI is InChI=1S/C24H26N2O4S/c1-16-5-6-19(4)23(14-16)25-24(27)15-30-21-7-9-22(10-8-21)31(28,29)26-20-12-17(2)11-18(3)13-20/h5-14,26H,15H2,1-4H3,(H,25,27). The Kier molecular flexibility index (Phi) is 6.65. The van der Waals surface area contributed by atoms with Gasteiger partial charge in [-0.3, -0.25) is 9.52 Å². The fourth-order valence-corrected chi connectivity index (χ4v) is 4.21. The summed E-state index contributed by atoms with van der Waals surface area (Å²) in [5, 5.41) is 2.82. The maximum Gasteiger partial charge on any atom is 0.262 e. The smallest absolute Gasteiger partial charge is 0.262 e. The zero-order chi connectivity index (χ0) is 22.6. The first kappa shape index (κ1) is 22.4. The summed E-state index contributed by atoms with van der Waals surface area (Å²) in [6, 6.07) is 17.3. The number of carbonyl (C=O) groups excluding carboxylic acids is 1. The lowest BCUT2D eigenvalue weighted by Gasteiger charge is -2.12. The minimum Gasteiger partial charge on any atom is -0.484 e. The van der Waals surface area contributed by atoms with Gasteiger partial charge in [-0.25, -0.2) is 8.42 Å². The van der Waals surface area contributed by atoms with E-state index in [4.69, 9.17) is 4.74 Å². The van der Waals surface area contributed by atoms with E-state index in [2.05, 4.69) is 10.0 Å². The topological polar surface area (TPSA) is 84.5 Å². The Bertz CT molecular complexity index is 1180. The highest BCUT2D eigenvalue weighted by atomic mass is 32.2. The number of anilines is 2. The molecule has 0 radical (unpaired) electrons. The Hall–Kier alpha value is -3.32. The largest absolute Gasteiger partial charge is 0.484 e. The van der Waals surface area contributed by atoms with Crippen LogP contribution in [0.1, 0.15) is 22.3 Å². The van der Waals surface area contributed by atoms with Crippen LogP contribution in [0, 0.1) is 27.7 Å². The SMILES string of the molecule is Cc1cc(C)cc(NS(=O)(=O)c2ccc(OCC(=O)Nc3cc(C)ccc3C)cc2)c1. The molecule has 3 aromatic rings. The van der Waals surface area contributed by atoms with Crippen molar-refractivity contribution in [3.05, 3.63) is 82.9 Å². The van der Waals surface area contributed by atoms with Crippen LogP contribution in [0.15, 0.2) is 65.6 Å². The van der Waals surface area contributed by atoms with Gasteiger partial charge in [0.1, 0.15) is 5.75 Å². The van der Waals surface area contributed by atoms with Crippen LogP contribution in [0.5, 0.6) is 5.75 Å². The number of ether oxygens (including phenoxy) is 1. The van der Waals surface area contributed by atoms with Gasteiger partial charge in [-0.1, -0.05) is 18.2 Å². The fourth-order valence-electron chi connectivity index (χ4n) is 3.17. The zero-order valence-corrected chi connectivity index (χ0v) is 18.8. The third-order valence-electron chi connectivity index (χ3n) is 4.65. The van der Waals surface area contributed by atoms with Gasteiger partial charge in [0.2, 0.25) is 0 Å². The van der Waals surface area contributed by atoms with Crippen LogP contribution in [0.4, 0.5) is 11.4 Å². The zero-order valence-electron chi connectivity index (χ0n) is 18.0. The van der Waals surface area contributed by atoms with Gasteiger partial charge in [0.25, 0.3) is 15.9 Å². The minimum atomic E-state index is -3.73. The lowest BCUT2D eigenvalue weighted by Crippen LogP contribution is -2.20. The van der Waals surface area contributed by atoms with E-state index < -0.39 is 10.0 Å². The third-order valence-corrected chi connectivity index (χ3v) is 6.04. The van der Waals surface area contributed by atoms with Crippen LogP contribution in [-0.4, -0.2) is 20.9 Å². The van der Waals surface area contributed by atoms with E-state index in [0.717, 1.165) is 27.9 Å². The van der Waals surface area contributed by atoms with Gasteiger partial charge in [-0.2, -0.15) is 0 Å². The monoisotopic (exact) mass is 438 g/mol. The summed E-state index contributed by atoms with van der Waals surface area (Å²) in [5.41, 5.74) is 5.22. The molecule has 0 aliphatic carbocycles. The predicted molar refractivity (Wildman–Crippen MR) is 123 cm³/mol. The molecular formula is C24H26N2O4S. The van der Waals surface area contributed by atoms with Crippen molar-refractivity contribution in [1.29, 1.82) is 0 Å². The first-order chi connectivity index (χ1) is 14.6. The van der Waals surface area contributed by atoms with E-state index in [9.17, 15) is 13.2 Å². The van der Waals surface area contributed by atoms with Crippen molar-refractivity contribution < 1.29 is 17.9 Å². The molecule has 0 heterocycles. The molecule has 6 nitrogen and oxygen atoms in total. The van der Waals surface area contributed by atoms with E-state index >= 15 is 0 Å². The number of benzene rings is 3. The number of carbonyl (C=O) groups is 1. The number of nitrogens with one attached hydrogen (secondary N) is 2. The molecule has 0 unspecified atom stereocenters. The van der Waals surface area contributed by atoms with Gasteiger partial charge in [0.15, 0.2) is 6.61 Å². The predicted octanol–water partition coefficient (Wildman–Crippen LogP) is 4.74. The second-order valence-electron chi connectivity index (χ2n) is 7.61. The lowest BCUT2D eigenvalue weighted by molar-refractivity contribution is -0.118. The maximum atomic E-state index is 12.6. The molecule has 31 heavy (non-hydrogen) atoms. The second kappa shape index (κ2) is 9.22. The van der Waals surface area contributed by atoms with Crippen LogP contribution in [0.3, 0.4) is 0 Å². The molecule has 0 aliphatic heterocycles. The highest BCUT2D eigenvalue weighted by molar-refractivity contribution is 7.92. The number of hydrogen-bond donors (Lipinski definition) is 2. The molecule has 0 saturated heterocycles. The minimum absolute atomic E-state index is 0.110. The van der Waals surface area contributed by atoms with Gasteiger partial charge in [0, 0.05) is 11.4 Å². The molecule has 3 rings (SSSR count). The first-order valence-electron chi connectivity index (χ1n) is 9.83. The van der Waals surface area contributed by atoms with Crippen molar-refractivity contribution >= 4 is 27.3 Å². The summed E-state index contributed by atoms with van der Waals surface area (Å²) >= 11 is 0. The summed E-state index contributed by atoms with van der Waals surface area (Å²) < 4.78 is 33.4. The van der Waals surface area contributed by atoms with Crippen molar-refractivity contribution in [2.75, 3.05) is 16.6 Å². The average molecular weight is 439 g/mol. The normalized spacial score (nSPS) is 11.1. The van der Waals surface area contributed by atoms with Gasteiger partial charge < -0.3 is 10.1 Å². The quantitative estimate of drug-likeness (QED) is 0.558. The van der Waals surface area contributed by atoms with E-state index in [0.29, 0.717) is 11.4 Å². The fraction of sp³-hybridized carbons (Fsp3) is 0.208. The maximum absolute atomic E-state index is 12.6. The van der Waals surface area contributed by atoms with Gasteiger partial charge in [-0.15, -0.1) is 0 Å². The summed E-state index contributed by atoms with van der Waals surface area (Å²) in [5.74, 6) is 0.114. The molecule has 0 bridgehead atoms. The van der Waals surface area contributed by atoms with Crippen molar-refractivity contribution in [3.8, 4) is 5.75 Å². The van der Waals surface area contributed by atoms with Crippen LogP contribution in [0.25, 0.3) is 0 Å². The first-order valence-corrected chi connectivity index (χ1v) is 11.3. The average Bonchev–Trinajstić information content (AvgIpc) is 2.68. The Morgan fingerprint density at radius 2 is 1.48 bits per heavy atom. The van der Waals surface area contributed by atoms with Crippen molar-refractivity contribution in [2.24, 2.45) is 0 Å². The molecule has 0 spiro atoms. The molecular weight excluding hydrogens is 412 g/mol. The van der Waals surface area contributed by atoms with Crippen LogP contribution < -0.4 is 14.8 Å². The molecule has 0 saturated carbocycles. The van der Waals surface area contributed by atoms with Gasteiger partial charge >= 0.3 is 0 Å². The van der Waals surface area contributed by atoms with Crippen LogP contribution >= 0.6 is 0 Å². The van der Waals surface area contributed by atoms with Crippen molar-refractivity contribution in [3.63, 3.8) is 0 Å². The number of aryl methyl sites for hydroxylation is 4. The molecule has 0 aliphatic rings. The molecule has 2 N–H and O–H groups in total. The van der Waals surface area contributed by atoms with Crippen LogP contribution in [0.2, 0.25) is 0 Å². The van der Waals surface area contributed by atoms with Crippen LogP contribution in [-0.2, 0) is 14.8 Å². The summed E-state index contributed by atoms with van der Waals surface area (Å²) in [6.45, 7) is 7.51. The van der Waals surface area contributed by atoms with E-state index in [1.807, 2.05) is 52.0 Å². The second-order valence-corrected chi connectivity index (χ2v) is 9.29. The Morgan fingerprint density at radius 3 is 2.13 bits per heavy atom.